The van der Waals surface area contributed by atoms with Gasteiger partial charge in [0.15, 0.2) is 0 Å². The largest absolute Gasteiger partial charge is 0.388 e. The van der Waals surface area contributed by atoms with Gasteiger partial charge in [0.25, 0.3) is 0 Å². The summed E-state index contributed by atoms with van der Waals surface area (Å²) < 4.78 is 110. The van der Waals surface area contributed by atoms with Gasteiger partial charge in [0, 0.05) is 19.3 Å². The Kier molecular flexibility index (Phi) is 7.09. The monoisotopic (exact) mass is 347 g/mol. The molecule has 0 aliphatic carbocycles. The van der Waals surface area contributed by atoms with Gasteiger partial charge in [-0.25, -0.2) is 0 Å². The van der Waals surface area contributed by atoms with Crippen LogP contribution in [-0.2, 0) is 0 Å². The maximum Gasteiger partial charge on any atom is 0.388 e. The Morgan fingerprint density at radius 1 is 0.571 bits per heavy atom. The van der Waals surface area contributed by atoms with Crippen molar-refractivity contribution >= 4 is 8.07 Å². The normalized spacial score (nSPS) is 14.6. The quantitative estimate of drug-likeness (QED) is 0.384. The van der Waals surface area contributed by atoms with Crippen LogP contribution in [0.2, 0.25) is 24.2 Å². The highest BCUT2D eigenvalue weighted by Crippen LogP contribution is 2.39. The van der Waals surface area contributed by atoms with Crippen LogP contribution in [0.3, 0.4) is 0 Å². The third kappa shape index (κ3) is 10.9. The van der Waals surface area contributed by atoms with Crippen molar-refractivity contribution in [1.29, 1.82) is 0 Å². The average molecular weight is 347 g/mol. The third-order valence-electron chi connectivity index (χ3n) is 3.35. The molecule has 0 aromatic heterocycles. The molecule has 0 rings (SSSR count). The molecule has 0 spiro atoms. The van der Waals surface area contributed by atoms with Gasteiger partial charge in [-0.3, -0.25) is 0 Å². The van der Waals surface area contributed by atoms with E-state index in [0.29, 0.717) is 0 Å². The SMILES string of the molecule is [CH2]C[Si](CCC(F)(F)F)(CCC(F)(F)F)CCC(F)(F)F. The molecule has 0 N–H and O–H groups in total. The first-order chi connectivity index (χ1) is 9.18. The summed E-state index contributed by atoms with van der Waals surface area (Å²) in [6, 6.07) is -2.21. The number of halogens is 9. The fourth-order valence-corrected chi connectivity index (χ4v) is 5.91. The van der Waals surface area contributed by atoms with E-state index in [4.69, 9.17) is 0 Å². The van der Waals surface area contributed by atoms with E-state index in [2.05, 4.69) is 6.92 Å². The van der Waals surface area contributed by atoms with Gasteiger partial charge in [0.05, 0.1) is 8.07 Å². The molecule has 0 heterocycles. The predicted octanol–water partition coefficient (Wildman–Crippen LogP) is 6.13. The van der Waals surface area contributed by atoms with E-state index >= 15 is 0 Å². The number of alkyl halides is 9. The Hall–Kier alpha value is -0.413. The van der Waals surface area contributed by atoms with Crippen LogP contribution in [0.15, 0.2) is 0 Å². The summed E-state index contributed by atoms with van der Waals surface area (Å²) >= 11 is 0. The zero-order chi connectivity index (χ0) is 16.9. The summed E-state index contributed by atoms with van der Waals surface area (Å²) in [5, 5.41) is 0. The van der Waals surface area contributed by atoms with Crippen LogP contribution in [0.25, 0.3) is 0 Å². The van der Waals surface area contributed by atoms with Crippen LogP contribution in [-0.4, -0.2) is 26.6 Å². The van der Waals surface area contributed by atoms with Crippen molar-refractivity contribution in [2.75, 3.05) is 0 Å². The fourth-order valence-electron chi connectivity index (χ4n) is 1.97. The molecule has 0 aliphatic rings. The molecule has 0 unspecified atom stereocenters. The highest BCUT2D eigenvalue weighted by Gasteiger charge is 2.42. The maximum absolute atomic E-state index is 12.2. The molecule has 0 aromatic rings. The van der Waals surface area contributed by atoms with Crippen LogP contribution < -0.4 is 0 Å². The molecule has 0 atom stereocenters. The number of hydrogen-bond donors (Lipinski definition) is 0. The van der Waals surface area contributed by atoms with Crippen molar-refractivity contribution in [2.24, 2.45) is 0 Å². The first kappa shape index (κ1) is 20.6. The van der Waals surface area contributed by atoms with E-state index in [1.165, 1.54) is 0 Å². The molecule has 0 bridgehead atoms. The lowest BCUT2D eigenvalue weighted by Crippen LogP contribution is -2.37. The lowest BCUT2D eigenvalue weighted by Gasteiger charge is -2.32. The summed E-state index contributed by atoms with van der Waals surface area (Å²) in [7, 11) is -3.37. The second-order valence-corrected chi connectivity index (χ2v) is 10.1. The van der Waals surface area contributed by atoms with E-state index < -0.39 is 64.0 Å². The average Bonchev–Trinajstić information content (AvgIpc) is 2.25. The van der Waals surface area contributed by atoms with E-state index in [1.54, 1.807) is 0 Å². The van der Waals surface area contributed by atoms with Crippen LogP contribution in [0.4, 0.5) is 39.5 Å². The Morgan fingerprint density at radius 3 is 0.952 bits per heavy atom. The first-order valence-electron chi connectivity index (χ1n) is 6.18. The van der Waals surface area contributed by atoms with E-state index in [1.807, 2.05) is 0 Å². The van der Waals surface area contributed by atoms with Gasteiger partial charge in [-0.15, -0.1) is 0 Å². The van der Waals surface area contributed by atoms with Crippen molar-refractivity contribution in [1.82, 2.24) is 0 Å². The topological polar surface area (TPSA) is 0 Å². The van der Waals surface area contributed by atoms with Crippen LogP contribution >= 0.6 is 0 Å². The summed E-state index contributed by atoms with van der Waals surface area (Å²) in [5.41, 5.74) is 0. The van der Waals surface area contributed by atoms with E-state index in [-0.39, 0.29) is 6.04 Å². The first-order valence-corrected chi connectivity index (χ1v) is 9.00. The molecule has 21 heavy (non-hydrogen) atoms. The standard InChI is InChI=1S/C11H16F9Si/c1-2-21(6-3-9(12,13)14,7-4-10(15,16)17)8-5-11(18,19)20/h1-8H2. The lowest BCUT2D eigenvalue weighted by atomic mass is 10.5. The van der Waals surface area contributed by atoms with Crippen LogP contribution in [0.1, 0.15) is 19.3 Å². The molecular weight excluding hydrogens is 331 g/mol. The van der Waals surface area contributed by atoms with Crippen LogP contribution in [0, 0.1) is 6.92 Å². The van der Waals surface area contributed by atoms with Crippen molar-refractivity contribution in [3.05, 3.63) is 6.92 Å². The molecule has 0 aliphatic heterocycles. The minimum Gasteiger partial charge on any atom is -0.171 e. The van der Waals surface area contributed by atoms with Gasteiger partial charge in [-0.2, -0.15) is 39.5 Å². The zero-order valence-electron chi connectivity index (χ0n) is 11.1. The summed E-state index contributed by atoms with van der Waals surface area (Å²) in [6.45, 7) is 3.32. The fraction of sp³-hybridized carbons (Fsp3) is 0.909. The second kappa shape index (κ2) is 7.23. The Balaban J connectivity index is 4.91. The Bertz CT molecular complexity index is 257. The number of hydrogen-bond acceptors (Lipinski definition) is 0. The molecule has 127 valence electrons. The molecular formula is C11H16F9Si. The molecule has 0 nitrogen and oxygen atoms in total. The number of rotatable bonds is 7. The van der Waals surface area contributed by atoms with Crippen molar-refractivity contribution in [3.63, 3.8) is 0 Å². The third-order valence-corrected chi connectivity index (χ3v) is 8.34. The molecule has 10 heteroatoms. The molecule has 0 aromatic carbocycles. The molecule has 0 amide bonds. The Morgan fingerprint density at radius 2 is 0.810 bits per heavy atom. The van der Waals surface area contributed by atoms with Crippen molar-refractivity contribution in [3.8, 4) is 0 Å². The molecule has 0 saturated heterocycles. The van der Waals surface area contributed by atoms with Gasteiger partial charge in [0.1, 0.15) is 0 Å². The summed E-state index contributed by atoms with van der Waals surface area (Å²) in [6.07, 6.45) is -17.9. The highest BCUT2D eigenvalue weighted by molar-refractivity contribution is 6.80. The van der Waals surface area contributed by atoms with Crippen LogP contribution in [0.5, 0.6) is 0 Å². The Labute approximate surface area is 117 Å². The van der Waals surface area contributed by atoms with Gasteiger partial charge in [0.2, 0.25) is 0 Å². The van der Waals surface area contributed by atoms with Gasteiger partial charge in [-0.1, -0.05) is 13.0 Å². The lowest BCUT2D eigenvalue weighted by molar-refractivity contribution is -0.132. The zero-order valence-corrected chi connectivity index (χ0v) is 12.1. The molecule has 0 fully saturated rings. The second-order valence-electron chi connectivity index (χ2n) is 5.10. The highest BCUT2D eigenvalue weighted by atomic mass is 28.3. The predicted molar refractivity (Wildman–Crippen MR) is 62.4 cm³/mol. The summed E-state index contributed by atoms with van der Waals surface area (Å²) in [4.78, 5) is 0. The maximum atomic E-state index is 12.2. The molecule has 1 radical (unpaired) electrons. The van der Waals surface area contributed by atoms with Gasteiger partial charge >= 0.3 is 18.5 Å². The molecule has 0 saturated carbocycles. The van der Waals surface area contributed by atoms with Crippen molar-refractivity contribution in [2.45, 2.75) is 62.0 Å². The van der Waals surface area contributed by atoms with E-state index in [9.17, 15) is 39.5 Å². The van der Waals surface area contributed by atoms with Gasteiger partial charge < -0.3 is 0 Å². The van der Waals surface area contributed by atoms with Crippen molar-refractivity contribution < 1.29 is 39.5 Å². The van der Waals surface area contributed by atoms with E-state index in [0.717, 1.165) is 0 Å². The minimum atomic E-state index is -4.59. The van der Waals surface area contributed by atoms with Gasteiger partial charge in [-0.05, 0) is 18.1 Å². The minimum absolute atomic E-state index is 0.269. The smallest absolute Gasteiger partial charge is 0.171 e. The summed E-state index contributed by atoms with van der Waals surface area (Å²) in [5.74, 6) is 0.